The first-order chi connectivity index (χ1) is 14.0. The number of fused-ring (bicyclic) bond motifs is 1. The van der Waals surface area contributed by atoms with Crippen LogP contribution in [0.2, 0.25) is 0 Å². The van der Waals surface area contributed by atoms with Gasteiger partial charge in [-0.2, -0.15) is 0 Å². The maximum atomic E-state index is 12.7. The summed E-state index contributed by atoms with van der Waals surface area (Å²) in [5.74, 6) is 1.03. The van der Waals surface area contributed by atoms with Crippen molar-refractivity contribution in [1.29, 1.82) is 0 Å². The zero-order chi connectivity index (χ0) is 20.4. The van der Waals surface area contributed by atoms with Gasteiger partial charge in [0.2, 0.25) is 0 Å². The largest absolute Gasteiger partial charge is 0.349 e. The van der Waals surface area contributed by atoms with Crippen LogP contribution in [0.15, 0.2) is 58.3 Å². The number of anilines is 1. The number of thioether (sulfide) groups is 1. The fourth-order valence-corrected chi connectivity index (χ4v) is 4.97. The van der Waals surface area contributed by atoms with Crippen LogP contribution in [0.3, 0.4) is 0 Å². The highest BCUT2D eigenvalue weighted by Crippen LogP contribution is 2.38. The van der Waals surface area contributed by atoms with E-state index >= 15 is 0 Å². The summed E-state index contributed by atoms with van der Waals surface area (Å²) < 4.78 is 0. The molecule has 4 rings (SSSR count). The van der Waals surface area contributed by atoms with Crippen molar-refractivity contribution >= 4 is 35.3 Å². The Morgan fingerprint density at radius 3 is 2.66 bits per heavy atom. The highest BCUT2D eigenvalue weighted by Gasteiger charge is 2.28. The van der Waals surface area contributed by atoms with Gasteiger partial charge < -0.3 is 10.6 Å². The molecule has 1 fully saturated rings. The molecule has 150 valence electrons. The van der Waals surface area contributed by atoms with Crippen LogP contribution in [-0.2, 0) is 4.79 Å². The summed E-state index contributed by atoms with van der Waals surface area (Å²) in [5.41, 5.74) is 2.40. The van der Waals surface area contributed by atoms with Gasteiger partial charge in [-0.1, -0.05) is 62.7 Å². The molecule has 2 aliphatic rings. The topological polar surface area (TPSA) is 58.2 Å². The number of benzene rings is 2. The Morgan fingerprint density at radius 1 is 1.10 bits per heavy atom. The van der Waals surface area contributed by atoms with E-state index in [-0.39, 0.29) is 17.9 Å². The molecule has 2 aromatic carbocycles. The quantitative estimate of drug-likeness (QED) is 0.678. The van der Waals surface area contributed by atoms with Gasteiger partial charge in [0, 0.05) is 16.5 Å². The van der Waals surface area contributed by atoms with E-state index in [0.717, 1.165) is 22.6 Å². The number of para-hydroxylation sites is 1. The van der Waals surface area contributed by atoms with Crippen LogP contribution in [0.1, 0.15) is 49.0 Å². The van der Waals surface area contributed by atoms with E-state index in [2.05, 4.69) is 24.5 Å². The minimum atomic E-state index is -0.101. The number of hydrogen-bond donors (Lipinski definition) is 2. The third-order valence-corrected chi connectivity index (χ3v) is 7.17. The Labute approximate surface area is 176 Å². The van der Waals surface area contributed by atoms with Gasteiger partial charge in [0.15, 0.2) is 0 Å². The SMILES string of the molecule is C[C@H]1[C@H](C)CCC[C@@H]1NC(=O)c1ccc(/C=C2/Sc3ccccc3NC2=O)cc1. The van der Waals surface area contributed by atoms with E-state index in [0.29, 0.717) is 22.3 Å². The zero-order valence-corrected chi connectivity index (χ0v) is 17.6. The lowest BCUT2D eigenvalue weighted by Crippen LogP contribution is -2.43. The highest BCUT2D eigenvalue weighted by molar-refractivity contribution is 8.04. The predicted octanol–water partition coefficient (Wildman–Crippen LogP) is 5.33. The van der Waals surface area contributed by atoms with E-state index in [1.807, 2.05) is 54.6 Å². The van der Waals surface area contributed by atoms with Gasteiger partial charge in [0.05, 0.1) is 10.6 Å². The molecule has 5 heteroatoms. The third-order valence-electron chi connectivity index (χ3n) is 6.07. The first-order valence-electron chi connectivity index (χ1n) is 10.2. The minimum Gasteiger partial charge on any atom is -0.349 e. The molecule has 1 saturated carbocycles. The normalized spacial score (nSPS) is 25.2. The highest BCUT2D eigenvalue weighted by atomic mass is 32.2. The minimum absolute atomic E-state index is 0.0196. The lowest BCUT2D eigenvalue weighted by atomic mass is 9.78. The van der Waals surface area contributed by atoms with Gasteiger partial charge in [-0.25, -0.2) is 0 Å². The van der Waals surface area contributed by atoms with Crippen LogP contribution in [0.4, 0.5) is 5.69 Å². The van der Waals surface area contributed by atoms with Gasteiger partial charge in [0.1, 0.15) is 0 Å². The van der Waals surface area contributed by atoms with Gasteiger partial charge in [-0.05, 0) is 54.2 Å². The van der Waals surface area contributed by atoms with Crippen molar-refractivity contribution in [3.8, 4) is 0 Å². The molecule has 0 bridgehead atoms. The molecule has 1 aliphatic heterocycles. The average Bonchev–Trinajstić information content (AvgIpc) is 2.72. The number of carbonyl (C=O) groups is 2. The summed E-state index contributed by atoms with van der Waals surface area (Å²) in [7, 11) is 0. The van der Waals surface area contributed by atoms with E-state index in [9.17, 15) is 9.59 Å². The second kappa shape index (κ2) is 8.46. The van der Waals surface area contributed by atoms with E-state index < -0.39 is 0 Å². The van der Waals surface area contributed by atoms with E-state index in [1.54, 1.807) is 0 Å². The molecule has 4 nitrogen and oxygen atoms in total. The van der Waals surface area contributed by atoms with Gasteiger partial charge in [0.25, 0.3) is 11.8 Å². The summed E-state index contributed by atoms with van der Waals surface area (Å²) >= 11 is 1.46. The third kappa shape index (κ3) is 4.40. The number of amides is 2. The molecule has 0 radical (unpaired) electrons. The lowest BCUT2D eigenvalue weighted by molar-refractivity contribution is -0.112. The van der Waals surface area contributed by atoms with Crippen LogP contribution in [-0.4, -0.2) is 17.9 Å². The van der Waals surface area contributed by atoms with Crippen LogP contribution >= 0.6 is 11.8 Å². The summed E-state index contributed by atoms with van der Waals surface area (Å²) in [4.78, 5) is 26.7. The Balaban J connectivity index is 1.45. The van der Waals surface area contributed by atoms with Crippen LogP contribution in [0.5, 0.6) is 0 Å². The second-order valence-corrected chi connectivity index (χ2v) is 9.11. The molecule has 2 N–H and O–H groups in total. The van der Waals surface area contributed by atoms with Crippen molar-refractivity contribution in [2.24, 2.45) is 11.8 Å². The summed E-state index contributed by atoms with van der Waals surface area (Å²) in [6, 6.07) is 15.5. The standard InChI is InChI=1S/C24H26N2O2S/c1-15-6-5-8-19(16(15)2)25-23(27)18-12-10-17(11-13-18)14-22-24(28)26-20-7-3-4-9-21(20)29-22/h3-4,7,9-16,19H,5-6,8H2,1-2H3,(H,25,27)(H,26,28)/b22-14+/t15-,16+,19+/m1/s1. The second-order valence-electron chi connectivity index (χ2n) is 8.03. The van der Waals surface area contributed by atoms with Crippen LogP contribution in [0.25, 0.3) is 6.08 Å². The monoisotopic (exact) mass is 406 g/mol. The predicted molar refractivity (Wildman–Crippen MR) is 119 cm³/mol. The van der Waals surface area contributed by atoms with Crippen LogP contribution in [0, 0.1) is 11.8 Å². The molecule has 1 aliphatic carbocycles. The Bertz CT molecular complexity index is 952. The molecular formula is C24H26N2O2S. The average molecular weight is 407 g/mol. The summed E-state index contributed by atoms with van der Waals surface area (Å²) in [5, 5.41) is 6.13. The van der Waals surface area contributed by atoms with Gasteiger partial charge in [-0.3, -0.25) is 9.59 Å². The van der Waals surface area contributed by atoms with Gasteiger partial charge >= 0.3 is 0 Å². The molecule has 29 heavy (non-hydrogen) atoms. The fraction of sp³-hybridized carbons (Fsp3) is 0.333. The number of hydrogen-bond acceptors (Lipinski definition) is 3. The summed E-state index contributed by atoms with van der Waals surface area (Å²) in [6.07, 6.45) is 5.33. The molecule has 0 unspecified atom stereocenters. The first kappa shape index (κ1) is 19.8. The van der Waals surface area contributed by atoms with Gasteiger partial charge in [-0.15, -0.1) is 0 Å². The molecule has 0 saturated heterocycles. The number of carbonyl (C=O) groups excluding carboxylic acids is 2. The Morgan fingerprint density at radius 2 is 1.86 bits per heavy atom. The fourth-order valence-electron chi connectivity index (χ4n) is 4.02. The number of nitrogens with one attached hydrogen (secondary N) is 2. The van der Waals surface area contributed by atoms with Crippen LogP contribution < -0.4 is 10.6 Å². The molecular weight excluding hydrogens is 380 g/mol. The van der Waals surface area contributed by atoms with Crippen molar-refractivity contribution in [2.75, 3.05) is 5.32 Å². The smallest absolute Gasteiger partial charge is 0.262 e. The zero-order valence-electron chi connectivity index (χ0n) is 16.8. The van der Waals surface area contributed by atoms with E-state index in [1.165, 1.54) is 24.6 Å². The maximum Gasteiger partial charge on any atom is 0.262 e. The molecule has 2 aromatic rings. The van der Waals surface area contributed by atoms with Crippen molar-refractivity contribution in [3.63, 3.8) is 0 Å². The Hall–Kier alpha value is -2.53. The maximum absolute atomic E-state index is 12.7. The molecule has 2 amide bonds. The van der Waals surface area contributed by atoms with Crippen molar-refractivity contribution < 1.29 is 9.59 Å². The molecule has 3 atom stereocenters. The van der Waals surface area contributed by atoms with Crippen molar-refractivity contribution in [2.45, 2.75) is 44.0 Å². The molecule has 0 aromatic heterocycles. The lowest BCUT2D eigenvalue weighted by Gasteiger charge is -2.34. The van der Waals surface area contributed by atoms with Crippen molar-refractivity contribution in [3.05, 3.63) is 64.6 Å². The summed E-state index contributed by atoms with van der Waals surface area (Å²) in [6.45, 7) is 4.50. The first-order valence-corrected chi connectivity index (χ1v) is 11.0. The number of rotatable bonds is 3. The molecule has 1 heterocycles. The van der Waals surface area contributed by atoms with E-state index in [4.69, 9.17) is 0 Å². The molecule has 0 spiro atoms. The van der Waals surface area contributed by atoms with Crippen molar-refractivity contribution in [1.82, 2.24) is 5.32 Å². The Kier molecular flexibility index (Phi) is 5.76.